The number of hydrogen-bond donors (Lipinski definition) is 3. The molecule has 3 N–H and O–H groups in total. The van der Waals surface area contributed by atoms with Crippen molar-refractivity contribution in [2.24, 2.45) is 5.92 Å². The molecule has 0 saturated carbocycles. The van der Waals surface area contributed by atoms with Gasteiger partial charge in [0, 0.05) is 4.47 Å². The number of carbonyl (C=O) groups is 2. The summed E-state index contributed by atoms with van der Waals surface area (Å²) in [6.45, 7) is 2.81. The fourth-order valence-corrected chi connectivity index (χ4v) is 2.56. The Kier molecular flexibility index (Phi) is 4.21. The number of anilines is 1. The maximum atomic E-state index is 12.1. The molecule has 1 heterocycles. The first-order valence-electron chi connectivity index (χ1n) is 6.06. The van der Waals surface area contributed by atoms with Gasteiger partial charge in [-0.3, -0.25) is 4.79 Å². The predicted molar refractivity (Wildman–Crippen MR) is 75.3 cm³/mol. The van der Waals surface area contributed by atoms with E-state index in [9.17, 15) is 9.59 Å². The van der Waals surface area contributed by atoms with Gasteiger partial charge in [0.1, 0.15) is 0 Å². The van der Waals surface area contributed by atoms with E-state index in [2.05, 4.69) is 26.6 Å². The number of nitrogens with one attached hydrogen (secondary N) is 2. The lowest BCUT2D eigenvalue weighted by Gasteiger charge is -2.16. The molecule has 0 spiro atoms. The second-order valence-corrected chi connectivity index (χ2v) is 5.60. The van der Waals surface area contributed by atoms with E-state index in [0.29, 0.717) is 10.2 Å². The normalized spacial score (nSPS) is 22.2. The molecule has 1 aliphatic rings. The topological polar surface area (TPSA) is 78.4 Å². The zero-order valence-electron chi connectivity index (χ0n) is 10.4. The Labute approximate surface area is 119 Å². The molecule has 0 aliphatic carbocycles. The summed E-state index contributed by atoms with van der Waals surface area (Å²) in [6, 6.07) is 4.51. The Morgan fingerprint density at radius 3 is 2.79 bits per heavy atom. The van der Waals surface area contributed by atoms with Crippen LogP contribution in [0.2, 0.25) is 0 Å². The van der Waals surface area contributed by atoms with Crippen molar-refractivity contribution in [1.82, 2.24) is 5.32 Å². The number of aromatic carboxylic acids is 1. The van der Waals surface area contributed by atoms with Gasteiger partial charge in [-0.25, -0.2) is 4.79 Å². The Balaban J connectivity index is 2.19. The molecule has 1 fully saturated rings. The lowest BCUT2D eigenvalue weighted by Crippen LogP contribution is -2.39. The Bertz CT molecular complexity index is 519. The third-order valence-electron chi connectivity index (χ3n) is 3.29. The highest BCUT2D eigenvalue weighted by Crippen LogP contribution is 2.23. The van der Waals surface area contributed by atoms with Gasteiger partial charge in [-0.2, -0.15) is 0 Å². The van der Waals surface area contributed by atoms with E-state index in [1.165, 1.54) is 6.07 Å². The zero-order chi connectivity index (χ0) is 14.0. The van der Waals surface area contributed by atoms with Gasteiger partial charge in [0.25, 0.3) is 0 Å². The molecule has 0 aromatic heterocycles. The molecule has 1 aliphatic heterocycles. The highest BCUT2D eigenvalue weighted by Gasteiger charge is 2.29. The number of rotatable bonds is 3. The average molecular weight is 327 g/mol. The lowest BCUT2D eigenvalue weighted by atomic mass is 10.0. The molecule has 2 unspecified atom stereocenters. The first-order valence-corrected chi connectivity index (χ1v) is 6.85. The summed E-state index contributed by atoms with van der Waals surface area (Å²) in [5, 5.41) is 14.9. The minimum absolute atomic E-state index is 0.0772. The number of carboxylic acid groups (broad SMARTS) is 1. The smallest absolute Gasteiger partial charge is 0.337 e. The quantitative estimate of drug-likeness (QED) is 0.794. The van der Waals surface area contributed by atoms with Gasteiger partial charge in [0.05, 0.1) is 17.3 Å². The van der Waals surface area contributed by atoms with E-state index in [4.69, 9.17) is 5.11 Å². The van der Waals surface area contributed by atoms with Crippen molar-refractivity contribution in [1.29, 1.82) is 0 Å². The molecular weight excluding hydrogens is 312 g/mol. The van der Waals surface area contributed by atoms with E-state index < -0.39 is 5.97 Å². The maximum Gasteiger partial charge on any atom is 0.337 e. The van der Waals surface area contributed by atoms with Crippen LogP contribution in [0.1, 0.15) is 23.7 Å². The van der Waals surface area contributed by atoms with Gasteiger partial charge in [-0.1, -0.05) is 22.9 Å². The van der Waals surface area contributed by atoms with Gasteiger partial charge in [-0.15, -0.1) is 0 Å². The number of carboxylic acids is 1. The summed E-state index contributed by atoms with van der Waals surface area (Å²) in [7, 11) is 0. The van der Waals surface area contributed by atoms with Gasteiger partial charge in [-0.05, 0) is 37.1 Å². The minimum atomic E-state index is -1.07. The van der Waals surface area contributed by atoms with Crippen molar-refractivity contribution >= 4 is 33.5 Å². The van der Waals surface area contributed by atoms with Gasteiger partial charge < -0.3 is 15.7 Å². The average Bonchev–Trinajstić information content (AvgIpc) is 2.77. The van der Waals surface area contributed by atoms with Crippen LogP contribution in [0.5, 0.6) is 0 Å². The van der Waals surface area contributed by atoms with Crippen molar-refractivity contribution in [3.8, 4) is 0 Å². The highest BCUT2D eigenvalue weighted by atomic mass is 79.9. The van der Waals surface area contributed by atoms with Crippen LogP contribution < -0.4 is 10.6 Å². The molecule has 0 bridgehead atoms. The Morgan fingerprint density at radius 1 is 1.47 bits per heavy atom. The lowest BCUT2D eigenvalue weighted by molar-refractivity contribution is -0.118. The summed E-state index contributed by atoms with van der Waals surface area (Å²) in [4.78, 5) is 23.3. The number of amides is 1. The molecule has 1 aromatic carbocycles. The minimum Gasteiger partial charge on any atom is -0.478 e. The third kappa shape index (κ3) is 3.13. The molecule has 102 valence electrons. The molecule has 1 saturated heterocycles. The second-order valence-electron chi connectivity index (χ2n) is 4.68. The van der Waals surface area contributed by atoms with Gasteiger partial charge >= 0.3 is 5.97 Å². The molecule has 19 heavy (non-hydrogen) atoms. The fourth-order valence-electron chi connectivity index (χ4n) is 2.20. The summed E-state index contributed by atoms with van der Waals surface area (Å²) in [6.07, 6.45) is 0.949. The van der Waals surface area contributed by atoms with Crippen molar-refractivity contribution in [3.05, 3.63) is 28.2 Å². The van der Waals surface area contributed by atoms with Crippen LogP contribution >= 0.6 is 15.9 Å². The first kappa shape index (κ1) is 14.0. The summed E-state index contributed by atoms with van der Waals surface area (Å²) in [5.41, 5.74) is 0.398. The molecule has 1 aromatic rings. The Morgan fingerprint density at radius 2 is 2.21 bits per heavy atom. The Hall–Kier alpha value is -1.40. The van der Waals surface area contributed by atoms with Crippen molar-refractivity contribution in [2.45, 2.75) is 19.4 Å². The van der Waals surface area contributed by atoms with Gasteiger partial charge in [0.15, 0.2) is 0 Å². The van der Waals surface area contributed by atoms with E-state index >= 15 is 0 Å². The SMILES string of the molecule is CC1CCNC1C(=O)Nc1ccc(Br)cc1C(=O)O. The number of benzene rings is 1. The number of halogens is 1. The van der Waals surface area contributed by atoms with Crippen molar-refractivity contribution < 1.29 is 14.7 Å². The highest BCUT2D eigenvalue weighted by molar-refractivity contribution is 9.10. The first-order chi connectivity index (χ1) is 8.99. The maximum absolute atomic E-state index is 12.1. The van der Waals surface area contributed by atoms with Crippen LogP contribution in [0.15, 0.2) is 22.7 Å². The predicted octanol–water partition coefficient (Wildman–Crippen LogP) is 2.08. The number of hydrogen-bond acceptors (Lipinski definition) is 3. The fraction of sp³-hybridized carbons (Fsp3) is 0.385. The van der Waals surface area contributed by atoms with E-state index in [1.54, 1.807) is 12.1 Å². The van der Waals surface area contributed by atoms with Gasteiger partial charge in [0.2, 0.25) is 5.91 Å². The summed E-state index contributed by atoms with van der Waals surface area (Å²) in [5.74, 6) is -0.998. The second kappa shape index (κ2) is 5.71. The standard InChI is InChI=1S/C13H15BrN2O3/c1-7-4-5-15-11(7)12(17)16-10-3-2-8(14)6-9(10)13(18)19/h2-3,6-7,11,15H,4-5H2,1H3,(H,16,17)(H,18,19). The van der Waals surface area contributed by atoms with E-state index in [-0.39, 0.29) is 23.4 Å². The zero-order valence-corrected chi connectivity index (χ0v) is 12.0. The van der Waals surface area contributed by atoms with Crippen LogP contribution in [0.3, 0.4) is 0 Å². The van der Waals surface area contributed by atoms with Crippen LogP contribution in [-0.2, 0) is 4.79 Å². The van der Waals surface area contributed by atoms with E-state index in [0.717, 1.165) is 13.0 Å². The van der Waals surface area contributed by atoms with Crippen LogP contribution in [0.4, 0.5) is 5.69 Å². The van der Waals surface area contributed by atoms with Crippen molar-refractivity contribution in [3.63, 3.8) is 0 Å². The largest absolute Gasteiger partial charge is 0.478 e. The molecule has 2 atom stereocenters. The molecular formula is C13H15BrN2O3. The molecule has 1 amide bonds. The molecule has 0 radical (unpaired) electrons. The number of carbonyl (C=O) groups excluding carboxylic acids is 1. The van der Waals surface area contributed by atoms with Crippen LogP contribution in [0.25, 0.3) is 0 Å². The molecule has 6 heteroatoms. The molecule has 5 nitrogen and oxygen atoms in total. The van der Waals surface area contributed by atoms with Crippen LogP contribution in [-0.4, -0.2) is 29.6 Å². The monoisotopic (exact) mass is 326 g/mol. The summed E-state index contributed by atoms with van der Waals surface area (Å²) < 4.78 is 0.662. The molecule has 2 rings (SSSR count). The third-order valence-corrected chi connectivity index (χ3v) is 3.78. The van der Waals surface area contributed by atoms with Crippen molar-refractivity contribution in [2.75, 3.05) is 11.9 Å². The van der Waals surface area contributed by atoms with E-state index in [1.807, 2.05) is 6.92 Å². The summed E-state index contributed by atoms with van der Waals surface area (Å²) >= 11 is 3.22. The van der Waals surface area contributed by atoms with Crippen LogP contribution in [0, 0.1) is 5.92 Å².